The van der Waals surface area contributed by atoms with E-state index >= 15 is 0 Å². The second-order valence-corrected chi connectivity index (χ2v) is 3.54. The van der Waals surface area contributed by atoms with Crippen LogP contribution >= 0.6 is 0 Å². The molecule has 0 bridgehead atoms. The van der Waals surface area contributed by atoms with Crippen molar-refractivity contribution in [3.05, 3.63) is 66.4 Å². The minimum Gasteiger partial charge on any atom is -0.405 e. The molecule has 3 heteroatoms. The SMILES string of the molecule is C=C/C=C(\C=C/N)C(=O)Nc1cccc(C)c1. The molecule has 1 aromatic carbocycles. The number of amides is 1. The number of rotatable bonds is 4. The summed E-state index contributed by atoms with van der Waals surface area (Å²) in [7, 11) is 0. The Hall–Kier alpha value is -2.29. The molecular formula is C14H16N2O. The highest BCUT2D eigenvalue weighted by Crippen LogP contribution is 2.11. The molecule has 0 aliphatic rings. The molecule has 1 aromatic rings. The van der Waals surface area contributed by atoms with E-state index in [1.54, 1.807) is 12.2 Å². The van der Waals surface area contributed by atoms with Crippen LogP contribution in [0.15, 0.2) is 60.8 Å². The maximum atomic E-state index is 11.9. The Morgan fingerprint density at radius 1 is 1.47 bits per heavy atom. The average Bonchev–Trinajstić information content (AvgIpc) is 2.28. The molecular weight excluding hydrogens is 212 g/mol. The van der Waals surface area contributed by atoms with Gasteiger partial charge in [-0.25, -0.2) is 0 Å². The second-order valence-electron chi connectivity index (χ2n) is 3.54. The van der Waals surface area contributed by atoms with Crippen LogP contribution in [-0.4, -0.2) is 5.91 Å². The molecule has 1 rings (SSSR count). The second kappa shape index (κ2) is 6.33. The third-order valence-electron chi connectivity index (χ3n) is 2.11. The lowest BCUT2D eigenvalue weighted by Crippen LogP contribution is -2.13. The molecule has 3 nitrogen and oxygen atoms in total. The van der Waals surface area contributed by atoms with E-state index in [2.05, 4.69) is 11.9 Å². The Balaban J connectivity index is 2.84. The van der Waals surface area contributed by atoms with Gasteiger partial charge < -0.3 is 11.1 Å². The van der Waals surface area contributed by atoms with E-state index in [-0.39, 0.29) is 5.91 Å². The molecule has 0 aliphatic carbocycles. The van der Waals surface area contributed by atoms with Crippen molar-refractivity contribution in [1.82, 2.24) is 0 Å². The lowest BCUT2D eigenvalue weighted by Gasteiger charge is -2.06. The first kappa shape index (κ1) is 12.8. The zero-order chi connectivity index (χ0) is 12.7. The standard InChI is InChI=1S/C14H16N2O/c1-3-5-12(8-9-15)14(17)16-13-7-4-6-11(2)10-13/h3-10H,1,15H2,2H3,(H,16,17)/b9-8-,12-5+. The summed E-state index contributed by atoms with van der Waals surface area (Å²) in [6.45, 7) is 5.52. The normalized spacial score (nSPS) is 11.5. The number of hydrogen-bond donors (Lipinski definition) is 2. The van der Waals surface area contributed by atoms with Crippen LogP contribution in [0.1, 0.15) is 5.56 Å². The van der Waals surface area contributed by atoms with Crippen molar-refractivity contribution in [2.75, 3.05) is 5.32 Å². The third-order valence-corrected chi connectivity index (χ3v) is 2.11. The smallest absolute Gasteiger partial charge is 0.255 e. The number of carbonyl (C=O) groups excluding carboxylic acids is 1. The Labute approximate surface area is 101 Å². The van der Waals surface area contributed by atoms with Crippen LogP contribution in [0.4, 0.5) is 5.69 Å². The minimum absolute atomic E-state index is 0.211. The van der Waals surface area contributed by atoms with Crippen LogP contribution in [0.3, 0.4) is 0 Å². The summed E-state index contributed by atoms with van der Waals surface area (Å²) in [6, 6.07) is 7.59. The number of anilines is 1. The van der Waals surface area contributed by atoms with Gasteiger partial charge in [0.05, 0.1) is 0 Å². The fourth-order valence-corrected chi connectivity index (χ4v) is 1.36. The first-order valence-corrected chi connectivity index (χ1v) is 5.26. The Morgan fingerprint density at radius 2 is 2.24 bits per heavy atom. The third kappa shape index (κ3) is 3.99. The maximum absolute atomic E-state index is 11.9. The minimum atomic E-state index is -0.211. The molecule has 3 N–H and O–H groups in total. The zero-order valence-corrected chi connectivity index (χ0v) is 9.81. The predicted octanol–water partition coefficient (Wildman–Crippen LogP) is 2.52. The molecule has 0 fully saturated rings. The van der Waals surface area contributed by atoms with E-state index in [0.29, 0.717) is 5.57 Å². The van der Waals surface area contributed by atoms with Crippen LogP contribution in [0.2, 0.25) is 0 Å². The van der Waals surface area contributed by atoms with E-state index < -0.39 is 0 Å². The van der Waals surface area contributed by atoms with E-state index in [1.165, 1.54) is 12.3 Å². The molecule has 17 heavy (non-hydrogen) atoms. The Bertz CT molecular complexity index is 473. The van der Waals surface area contributed by atoms with Gasteiger partial charge in [0.2, 0.25) is 0 Å². The molecule has 0 radical (unpaired) electrons. The van der Waals surface area contributed by atoms with Gasteiger partial charge in [-0.3, -0.25) is 4.79 Å². The largest absolute Gasteiger partial charge is 0.405 e. The summed E-state index contributed by atoms with van der Waals surface area (Å²) in [6.07, 6.45) is 6.01. The van der Waals surface area contributed by atoms with E-state index in [4.69, 9.17) is 5.73 Å². The molecule has 0 heterocycles. The maximum Gasteiger partial charge on any atom is 0.255 e. The molecule has 88 valence electrons. The van der Waals surface area contributed by atoms with Crippen LogP contribution in [0, 0.1) is 6.92 Å². The average molecular weight is 228 g/mol. The quantitative estimate of drug-likeness (QED) is 0.614. The zero-order valence-electron chi connectivity index (χ0n) is 9.81. The molecule has 0 spiro atoms. The van der Waals surface area contributed by atoms with Gasteiger partial charge in [-0.2, -0.15) is 0 Å². The number of nitrogens with one attached hydrogen (secondary N) is 1. The monoisotopic (exact) mass is 228 g/mol. The molecule has 1 amide bonds. The van der Waals surface area contributed by atoms with E-state index in [0.717, 1.165) is 11.3 Å². The Morgan fingerprint density at radius 3 is 2.82 bits per heavy atom. The van der Waals surface area contributed by atoms with Crippen molar-refractivity contribution in [2.24, 2.45) is 5.73 Å². The summed E-state index contributed by atoms with van der Waals surface area (Å²) in [5, 5.41) is 2.79. The van der Waals surface area contributed by atoms with Crippen molar-refractivity contribution in [2.45, 2.75) is 6.92 Å². The number of aryl methyl sites for hydroxylation is 1. The fraction of sp³-hybridized carbons (Fsp3) is 0.0714. The van der Waals surface area contributed by atoms with Gasteiger partial charge >= 0.3 is 0 Å². The van der Waals surface area contributed by atoms with Gasteiger partial charge in [0.15, 0.2) is 0 Å². The van der Waals surface area contributed by atoms with Gasteiger partial charge in [-0.05, 0) is 43.0 Å². The van der Waals surface area contributed by atoms with Crippen molar-refractivity contribution >= 4 is 11.6 Å². The van der Waals surface area contributed by atoms with E-state index in [9.17, 15) is 4.79 Å². The lowest BCUT2D eigenvalue weighted by molar-refractivity contribution is -0.112. The van der Waals surface area contributed by atoms with E-state index in [1.807, 2.05) is 31.2 Å². The van der Waals surface area contributed by atoms with Crippen LogP contribution in [0.5, 0.6) is 0 Å². The Kier molecular flexibility index (Phi) is 4.76. The summed E-state index contributed by atoms with van der Waals surface area (Å²) < 4.78 is 0. The van der Waals surface area contributed by atoms with Gasteiger partial charge in [0, 0.05) is 11.3 Å². The molecule has 0 atom stereocenters. The van der Waals surface area contributed by atoms with Crippen molar-refractivity contribution in [1.29, 1.82) is 0 Å². The molecule has 0 saturated heterocycles. The summed E-state index contributed by atoms with van der Waals surface area (Å²) >= 11 is 0. The highest BCUT2D eigenvalue weighted by atomic mass is 16.1. The predicted molar refractivity (Wildman–Crippen MR) is 71.4 cm³/mol. The summed E-state index contributed by atoms with van der Waals surface area (Å²) in [4.78, 5) is 11.9. The van der Waals surface area contributed by atoms with Gasteiger partial charge in [0.1, 0.15) is 0 Å². The summed E-state index contributed by atoms with van der Waals surface area (Å²) in [5.74, 6) is -0.211. The molecule has 0 unspecified atom stereocenters. The number of allylic oxidation sites excluding steroid dienone is 2. The van der Waals surface area contributed by atoms with Crippen LogP contribution in [-0.2, 0) is 4.79 Å². The first-order valence-electron chi connectivity index (χ1n) is 5.26. The topological polar surface area (TPSA) is 55.1 Å². The lowest BCUT2D eigenvalue weighted by atomic mass is 10.2. The number of nitrogens with two attached hydrogens (primary N) is 1. The highest BCUT2D eigenvalue weighted by molar-refractivity contribution is 6.05. The van der Waals surface area contributed by atoms with Crippen LogP contribution < -0.4 is 11.1 Å². The number of benzene rings is 1. The molecule has 0 saturated carbocycles. The highest BCUT2D eigenvalue weighted by Gasteiger charge is 2.05. The van der Waals surface area contributed by atoms with Gasteiger partial charge in [0.25, 0.3) is 5.91 Å². The van der Waals surface area contributed by atoms with Crippen molar-refractivity contribution in [3.63, 3.8) is 0 Å². The van der Waals surface area contributed by atoms with Gasteiger partial charge in [-0.15, -0.1) is 0 Å². The first-order chi connectivity index (χ1) is 8.17. The van der Waals surface area contributed by atoms with Crippen molar-refractivity contribution < 1.29 is 4.79 Å². The molecule has 0 aliphatic heterocycles. The summed E-state index contributed by atoms with van der Waals surface area (Å²) in [5.41, 5.74) is 7.59. The van der Waals surface area contributed by atoms with Crippen LogP contribution in [0.25, 0.3) is 0 Å². The number of carbonyl (C=O) groups is 1. The van der Waals surface area contributed by atoms with Crippen molar-refractivity contribution in [3.8, 4) is 0 Å². The van der Waals surface area contributed by atoms with Gasteiger partial charge in [-0.1, -0.05) is 24.8 Å². The fourth-order valence-electron chi connectivity index (χ4n) is 1.36. The molecule has 0 aromatic heterocycles. The number of hydrogen-bond acceptors (Lipinski definition) is 2.